The van der Waals surface area contributed by atoms with Gasteiger partial charge >= 0.3 is 0 Å². The minimum Gasteiger partial charge on any atom is -0.352 e. The van der Waals surface area contributed by atoms with E-state index in [2.05, 4.69) is 53.7 Å². The first kappa shape index (κ1) is 20.1. The predicted octanol–water partition coefficient (Wildman–Crippen LogP) is 5.01. The highest BCUT2D eigenvalue weighted by Gasteiger charge is 2.29. The van der Waals surface area contributed by atoms with Crippen LogP contribution in [0.2, 0.25) is 0 Å². The minimum absolute atomic E-state index is 0.0920. The number of benzene rings is 1. The molecule has 0 spiro atoms. The number of aryl methyl sites for hydroxylation is 1. The zero-order valence-electron chi connectivity index (χ0n) is 16.4. The monoisotopic (exact) mass is 404 g/mol. The second-order valence-corrected chi connectivity index (χ2v) is 10.1. The lowest BCUT2D eigenvalue weighted by molar-refractivity contribution is -0.121. The van der Waals surface area contributed by atoms with Gasteiger partial charge in [-0.15, -0.1) is 10.2 Å². The van der Waals surface area contributed by atoms with Gasteiger partial charge in [0.15, 0.2) is 4.34 Å². The average molecular weight is 405 g/mol. The van der Waals surface area contributed by atoms with Crippen LogP contribution in [0.25, 0.3) is 0 Å². The van der Waals surface area contributed by atoms with Crippen LogP contribution < -0.4 is 10.6 Å². The van der Waals surface area contributed by atoms with E-state index in [0.29, 0.717) is 11.8 Å². The molecule has 27 heavy (non-hydrogen) atoms. The molecule has 0 unspecified atom stereocenters. The van der Waals surface area contributed by atoms with E-state index in [4.69, 9.17) is 0 Å². The zero-order valence-corrected chi connectivity index (χ0v) is 18.0. The molecule has 4 atom stereocenters. The number of carbonyl (C=O) groups is 1. The Morgan fingerprint density at radius 2 is 2.11 bits per heavy atom. The zero-order chi connectivity index (χ0) is 19.4. The first-order valence-corrected chi connectivity index (χ1v) is 11.3. The summed E-state index contributed by atoms with van der Waals surface area (Å²) in [5, 5.41) is 15.5. The minimum atomic E-state index is -0.186. The fourth-order valence-electron chi connectivity index (χ4n) is 3.44. The Kier molecular flexibility index (Phi) is 6.76. The first-order valence-electron chi connectivity index (χ1n) is 9.56. The van der Waals surface area contributed by atoms with E-state index in [1.54, 1.807) is 0 Å². The molecule has 1 aromatic heterocycles. The number of amides is 1. The summed E-state index contributed by atoms with van der Waals surface area (Å²) >= 11 is 2.95. The number of carbonyl (C=O) groups excluding carboxylic acids is 1. The molecule has 1 aliphatic rings. The molecule has 7 heteroatoms. The lowest BCUT2D eigenvalue weighted by Crippen LogP contribution is -2.46. The van der Waals surface area contributed by atoms with Gasteiger partial charge in [-0.25, -0.2) is 0 Å². The second-order valence-electron chi connectivity index (χ2n) is 7.51. The van der Waals surface area contributed by atoms with E-state index in [1.807, 2.05) is 19.1 Å². The molecular formula is C20H28N4OS2. The Bertz CT molecular complexity index is 779. The third kappa shape index (κ3) is 5.45. The Labute approximate surface area is 169 Å². The van der Waals surface area contributed by atoms with Crippen molar-refractivity contribution in [2.24, 2.45) is 11.8 Å². The molecule has 1 saturated carbocycles. The van der Waals surface area contributed by atoms with Crippen LogP contribution in [0.4, 0.5) is 10.8 Å². The summed E-state index contributed by atoms with van der Waals surface area (Å²) < 4.78 is 0.804. The molecule has 2 N–H and O–H groups in total. The summed E-state index contributed by atoms with van der Waals surface area (Å²) in [5.41, 5.74) is 2.18. The van der Waals surface area contributed by atoms with Crippen molar-refractivity contribution in [2.45, 2.75) is 62.6 Å². The largest absolute Gasteiger partial charge is 0.352 e. The average Bonchev–Trinajstić information content (AvgIpc) is 3.05. The van der Waals surface area contributed by atoms with Crippen LogP contribution >= 0.6 is 23.1 Å². The summed E-state index contributed by atoms with van der Waals surface area (Å²) in [7, 11) is 0. The summed E-state index contributed by atoms with van der Waals surface area (Å²) in [6.07, 6.45) is 3.54. The quantitative estimate of drug-likeness (QED) is 0.662. The van der Waals surface area contributed by atoms with Crippen molar-refractivity contribution in [2.75, 3.05) is 5.32 Å². The van der Waals surface area contributed by atoms with Crippen molar-refractivity contribution in [3.8, 4) is 0 Å². The van der Waals surface area contributed by atoms with Crippen LogP contribution in [0.3, 0.4) is 0 Å². The number of anilines is 2. The molecule has 1 aromatic carbocycles. The Balaban J connectivity index is 1.54. The molecule has 1 heterocycles. The van der Waals surface area contributed by atoms with E-state index >= 15 is 0 Å². The number of nitrogens with one attached hydrogen (secondary N) is 2. The van der Waals surface area contributed by atoms with Gasteiger partial charge in [-0.1, -0.05) is 61.9 Å². The van der Waals surface area contributed by atoms with Gasteiger partial charge in [-0.2, -0.15) is 0 Å². The van der Waals surface area contributed by atoms with Gasteiger partial charge in [0.25, 0.3) is 0 Å². The summed E-state index contributed by atoms with van der Waals surface area (Å²) in [6, 6.07) is 8.42. The maximum absolute atomic E-state index is 12.6. The third-order valence-electron chi connectivity index (χ3n) is 5.36. The lowest BCUT2D eigenvalue weighted by atomic mass is 9.78. The van der Waals surface area contributed by atoms with Crippen LogP contribution in [-0.4, -0.2) is 27.4 Å². The Morgan fingerprint density at radius 3 is 2.89 bits per heavy atom. The van der Waals surface area contributed by atoms with Crippen LogP contribution in [0.15, 0.2) is 28.6 Å². The van der Waals surface area contributed by atoms with E-state index < -0.39 is 0 Å². The number of nitrogens with zero attached hydrogens (tertiary/aromatic N) is 2. The van der Waals surface area contributed by atoms with Gasteiger partial charge in [-0.05, 0) is 49.8 Å². The van der Waals surface area contributed by atoms with Crippen LogP contribution in [0.1, 0.15) is 45.6 Å². The van der Waals surface area contributed by atoms with Gasteiger partial charge in [-0.3, -0.25) is 4.79 Å². The summed E-state index contributed by atoms with van der Waals surface area (Å²) in [4.78, 5) is 12.6. The van der Waals surface area contributed by atoms with Crippen molar-refractivity contribution >= 4 is 39.8 Å². The fraction of sp³-hybridized carbons (Fsp3) is 0.550. The topological polar surface area (TPSA) is 66.9 Å². The van der Waals surface area contributed by atoms with Crippen LogP contribution in [0, 0.1) is 18.8 Å². The highest BCUT2D eigenvalue weighted by atomic mass is 32.2. The van der Waals surface area contributed by atoms with Gasteiger partial charge in [0, 0.05) is 11.7 Å². The molecule has 1 amide bonds. The van der Waals surface area contributed by atoms with E-state index in [-0.39, 0.29) is 17.2 Å². The van der Waals surface area contributed by atoms with Crippen LogP contribution in [0.5, 0.6) is 0 Å². The number of aromatic nitrogens is 2. The third-order valence-corrected chi connectivity index (χ3v) is 7.38. The smallest absolute Gasteiger partial charge is 0.233 e. The SMILES string of the molecule is Cc1cccc(Nc2nnc(S[C@H](C)C(=O)N[C@@H]3CCC[C@H](C)[C@H]3C)s2)c1. The van der Waals surface area contributed by atoms with Crippen molar-refractivity contribution in [3.63, 3.8) is 0 Å². The number of rotatable bonds is 6. The molecule has 0 radical (unpaired) electrons. The lowest BCUT2D eigenvalue weighted by Gasteiger charge is -2.35. The molecule has 0 bridgehead atoms. The molecule has 0 aliphatic heterocycles. The van der Waals surface area contributed by atoms with Gasteiger partial charge in [0.1, 0.15) is 0 Å². The Hall–Kier alpha value is -1.60. The first-order chi connectivity index (χ1) is 12.9. The van der Waals surface area contributed by atoms with E-state index in [9.17, 15) is 4.79 Å². The molecule has 3 rings (SSSR count). The van der Waals surface area contributed by atoms with E-state index in [0.717, 1.165) is 21.6 Å². The molecule has 146 valence electrons. The molecular weight excluding hydrogens is 376 g/mol. The number of hydrogen-bond donors (Lipinski definition) is 2. The van der Waals surface area contributed by atoms with Gasteiger partial charge in [0.2, 0.25) is 11.0 Å². The highest BCUT2D eigenvalue weighted by Crippen LogP contribution is 2.32. The molecule has 2 aromatic rings. The summed E-state index contributed by atoms with van der Waals surface area (Å²) in [5.74, 6) is 1.30. The van der Waals surface area contributed by atoms with Crippen molar-refractivity contribution in [1.82, 2.24) is 15.5 Å². The number of hydrogen-bond acceptors (Lipinski definition) is 6. The number of thioether (sulfide) groups is 1. The summed E-state index contributed by atoms with van der Waals surface area (Å²) in [6.45, 7) is 8.53. The van der Waals surface area contributed by atoms with Crippen molar-refractivity contribution < 1.29 is 4.79 Å². The standard InChI is InChI=1S/C20H28N4OS2/c1-12-7-5-9-16(11-12)21-19-23-24-20(27-19)26-15(4)18(25)22-17-10-6-8-13(2)14(17)3/h5,7,9,11,13-15,17H,6,8,10H2,1-4H3,(H,21,23)(H,22,25)/t13-,14+,15+,17+/m0/s1. The predicted molar refractivity (Wildman–Crippen MR) is 114 cm³/mol. The van der Waals surface area contributed by atoms with Crippen LogP contribution in [-0.2, 0) is 4.79 Å². The Morgan fingerprint density at radius 1 is 1.30 bits per heavy atom. The normalized spacial score (nSPS) is 23.6. The molecule has 1 fully saturated rings. The van der Waals surface area contributed by atoms with E-state index in [1.165, 1.54) is 41.5 Å². The molecule has 5 nitrogen and oxygen atoms in total. The fourth-order valence-corrected chi connectivity index (χ4v) is 5.37. The molecule has 0 saturated heterocycles. The maximum Gasteiger partial charge on any atom is 0.233 e. The molecule has 1 aliphatic carbocycles. The van der Waals surface area contributed by atoms with Gasteiger partial charge < -0.3 is 10.6 Å². The second kappa shape index (κ2) is 9.06. The van der Waals surface area contributed by atoms with Crippen molar-refractivity contribution in [3.05, 3.63) is 29.8 Å². The van der Waals surface area contributed by atoms with Gasteiger partial charge in [0.05, 0.1) is 5.25 Å². The van der Waals surface area contributed by atoms with Crippen molar-refractivity contribution in [1.29, 1.82) is 0 Å². The highest BCUT2D eigenvalue weighted by molar-refractivity contribution is 8.02. The maximum atomic E-state index is 12.6.